The summed E-state index contributed by atoms with van der Waals surface area (Å²) in [6.45, 7) is 0. The molecule has 1 saturated heterocycles. The molecule has 1 fully saturated rings. The topological polar surface area (TPSA) is 51.2 Å². The molecule has 1 heterocycles. The summed E-state index contributed by atoms with van der Waals surface area (Å²) in [6.07, 6.45) is -1.71. The molecule has 13 heavy (non-hydrogen) atoms. The zero-order valence-corrected chi connectivity index (χ0v) is 8.43. The molecule has 5 nitrogen and oxygen atoms in total. The Labute approximate surface area is 78.2 Å². The van der Waals surface area contributed by atoms with E-state index in [0.29, 0.717) is 0 Å². The molecule has 4 atom stereocenters. The first kappa shape index (κ1) is 10.9. The van der Waals surface area contributed by atoms with E-state index in [9.17, 15) is 5.11 Å². The molecule has 0 radical (unpaired) electrons. The summed E-state index contributed by atoms with van der Waals surface area (Å²) in [5.41, 5.74) is 0. The number of hydrogen-bond donors (Lipinski definition) is 1. The van der Waals surface area contributed by atoms with Gasteiger partial charge in [0.2, 0.25) is 0 Å². The maximum Gasteiger partial charge on any atom is 0.187 e. The van der Waals surface area contributed by atoms with Crippen LogP contribution in [0.1, 0.15) is 0 Å². The Bertz CT molecular complexity index is 162. The van der Waals surface area contributed by atoms with E-state index in [0.717, 1.165) is 0 Å². The minimum atomic E-state index is -0.676. The van der Waals surface area contributed by atoms with E-state index in [2.05, 4.69) is 0 Å². The number of nitrogens with zero attached hydrogens (tertiary/aromatic N) is 1. The lowest BCUT2D eigenvalue weighted by Crippen LogP contribution is -2.44. The predicted octanol–water partition coefficient (Wildman–Crippen LogP) is -0.747. The summed E-state index contributed by atoms with van der Waals surface area (Å²) >= 11 is 0. The monoisotopic (exact) mass is 191 g/mol. The van der Waals surface area contributed by atoms with Gasteiger partial charge in [-0.05, 0) is 14.1 Å². The zero-order chi connectivity index (χ0) is 10.0. The number of hydrogen-bond acceptors (Lipinski definition) is 5. The van der Waals surface area contributed by atoms with Gasteiger partial charge in [0, 0.05) is 14.2 Å². The van der Waals surface area contributed by atoms with E-state index in [1.54, 1.807) is 7.11 Å². The Balaban J connectivity index is 2.68. The molecular formula is C8H17NO4. The molecule has 0 saturated carbocycles. The van der Waals surface area contributed by atoms with Crippen molar-refractivity contribution in [2.75, 3.05) is 28.3 Å². The van der Waals surface area contributed by atoms with Crippen molar-refractivity contribution < 1.29 is 19.3 Å². The van der Waals surface area contributed by atoms with Gasteiger partial charge in [0.15, 0.2) is 12.6 Å². The van der Waals surface area contributed by atoms with Crippen molar-refractivity contribution in [1.29, 1.82) is 0 Å². The average Bonchev–Trinajstić information content (AvgIpc) is 2.41. The number of methoxy groups -OCH3 is 2. The molecule has 1 aliphatic rings. The zero-order valence-electron chi connectivity index (χ0n) is 8.43. The second-order valence-corrected chi connectivity index (χ2v) is 3.29. The van der Waals surface area contributed by atoms with Crippen molar-refractivity contribution >= 4 is 0 Å². The Hall–Kier alpha value is -0.200. The van der Waals surface area contributed by atoms with Crippen LogP contribution < -0.4 is 0 Å². The highest BCUT2D eigenvalue weighted by molar-refractivity contribution is 4.87. The number of likely N-dealkylation sites (N-methyl/N-ethyl adjacent to an activating group) is 1. The van der Waals surface area contributed by atoms with Gasteiger partial charge in [-0.2, -0.15) is 0 Å². The first-order valence-corrected chi connectivity index (χ1v) is 4.17. The highest BCUT2D eigenvalue weighted by Crippen LogP contribution is 2.24. The van der Waals surface area contributed by atoms with Crippen molar-refractivity contribution in [3.8, 4) is 0 Å². The minimum absolute atomic E-state index is 0.185. The van der Waals surface area contributed by atoms with Gasteiger partial charge in [-0.15, -0.1) is 0 Å². The predicted molar refractivity (Wildman–Crippen MR) is 46.2 cm³/mol. The fourth-order valence-corrected chi connectivity index (χ4v) is 1.55. The molecule has 0 amide bonds. The van der Waals surface area contributed by atoms with Gasteiger partial charge < -0.3 is 19.3 Å². The lowest BCUT2D eigenvalue weighted by Gasteiger charge is -2.25. The summed E-state index contributed by atoms with van der Waals surface area (Å²) in [5.74, 6) is 0. The van der Waals surface area contributed by atoms with Crippen LogP contribution in [0.2, 0.25) is 0 Å². The molecule has 78 valence electrons. The normalized spacial score (nSPS) is 40.2. The first-order valence-electron chi connectivity index (χ1n) is 4.17. The lowest BCUT2D eigenvalue weighted by molar-refractivity contribution is -0.202. The number of rotatable bonds is 3. The molecule has 0 unspecified atom stereocenters. The van der Waals surface area contributed by atoms with Gasteiger partial charge in [0.25, 0.3) is 0 Å². The van der Waals surface area contributed by atoms with E-state index in [-0.39, 0.29) is 6.04 Å². The van der Waals surface area contributed by atoms with Gasteiger partial charge in [-0.25, -0.2) is 0 Å². The van der Waals surface area contributed by atoms with Crippen LogP contribution in [0.3, 0.4) is 0 Å². The second-order valence-electron chi connectivity index (χ2n) is 3.29. The smallest absolute Gasteiger partial charge is 0.187 e. The maximum atomic E-state index is 9.75. The Morgan fingerprint density at radius 3 is 2.00 bits per heavy atom. The van der Waals surface area contributed by atoms with Crippen LogP contribution in [0.5, 0.6) is 0 Å². The number of aliphatic hydroxyl groups is 1. The number of aliphatic hydroxyl groups excluding tert-OH is 1. The molecule has 5 heteroatoms. The van der Waals surface area contributed by atoms with Gasteiger partial charge in [0.1, 0.15) is 6.10 Å². The Morgan fingerprint density at radius 1 is 1.15 bits per heavy atom. The highest BCUT2D eigenvalue weighted by atomic mass is 16.8. The summed E-state index contributed by atoms with van der Waals surface area (Å²) in [6, 6.07) is -0.185. The fraction of sp³-hybridized carbons (Fsp3) is 1.00. The van der Waals surface area contributed by atoms with Crippen LogP contribution >= 0.6 is 0 Å². The van der Waals surface area contributed by atoms with Gasteiger partial charge in [-0.3, -0.25) is 4.90 Å². The average molecular weight is 191 g/mol. The molecule has 1 N–H and O–H groups in total. The third-order valence-electron chi connectivity index (χ3n) is 2.24. The van der Waals surface area contributed by atoms with Crippen LogP contribution in [-0.2, 0) is 14.2 Å². The number of ether oxygens (including phenoxy) is 3. The van der Waals surface area contributed by atoms with Crippen molar-refractivity contribution in [2.45, 2.75) is 24.7 Å². The van der Waals surface area contributed by atoms with Crippen molar-refractivity contribution in [1.82, 2.24) is 4.90 Å². The third-order valence-corrected chi connectivity index (χ3v) is 2.24. The van der Waals surface area contributed by atoms with Gasteiger partial charge >= 0.3 is 0 Å². The molecule has 0 bridgehead atoms. The van der Waals surface area contributed by atoms with Crippen LogP contribution in [0, 0.1) is 0 Å². The van der Waals surface area contributed by atoms with E-state index in [1.165, 1.54) is 7.11 Å². The maximum absolute atomic E-state index is 9.75. The minimum Gasteiger partial charge on any atom is -0.386 e. The molecule has 1 aliphatic heterocycles. The van der Waals surface area contributed by atoms with Crippen molar-refractivity contribution in [2.24, 2.45) is 0 Å². The SMILES string of the molecule is CO[C@@H]1O[C@H](OC)[C@H](N(C)C)[C@H]1O. The van der Waals surface area contributed by atoms with E-state index >= 15 is 0 Å². The van der Waals surface area contributed by atoms with Crippen LogP contribution in [-0.4, -0.2) is 63.0 Å². The summed E-state index contributed by atoms with van der Waals surface area (Å²) in [5, 5.41) is 9.75. The van der Waals surface area contributed by atoms with Crippen LogP contribution in [0.4, 0.5) is 0 Å². The molecule has 0 aromatic rings. The van der Waals surface area contributed by atoms with Crippen molar-refractivity contribution in [3.63, 3.8) is 0 Å². The van der Waals surface area contributed by atoms with Gasteiger partial charge in [-0.1, -0.05) is 0 Å². The molecule has 0 spiro atoms. The molecule has 0 aromatic heterocycles. The molecule has 0 aromatic carbocycles. The highest BCUT2D eigenvalue weighted by Gasteiger charge is 2.45. The molecule has 0 aliphatic carbocycles. The van der Waals surface area contributed by atoms with E-state index < -0.39 is 18.7 Å². The third kappa shape index (κ3) is 2.00. The molecule has 1 rings (SSSR count). The second kappa shape index (κ2) is 4.34. The summed E-state index contributed by atoms with van der Waals surface area (Å²) in [4.78, 5) is 1.86. The van der Waals surface area contributed by atoms with Crippen LogP contribution in [0.15, 0.2) is 0 Å². The fourth-order valence-electron chi connectivity index (χ4n) is 1.55. The first-order chi connectivity index (χ1) is 6.11. The Kier molecular flexibility index (Phi) is 3.63. The van der Waals surface area contributed by atoms with Gasteiger partial charge in [0.05, 0.1) is 6.04 Å². The van der Waals surface area contributed by atoms with E-state index in [1.807, 2.05) is 19.0 Å². The van der Waals surface area contributed by atoms with E-state index in [4.69, 9.17) is 14.2 Å². The van der Waals surface area contributed by atoms with Crippen molar-refractivity contribution in [3.05, 3.63) is 0 Å². The summed E-state index contributed by atoms with van der Waals surface area (Å²) in [7, 11) is 6.77. The Morgan fingerprint density at radius 2 is 1.69 bits per heavy atom. The largest absolute Gasteiger partial charge is 0.386 e. The lowest BCUT2D eigenvalue weighted by atomic mass is 10.1. The standard InChI is InChI=1S/C8H17NO4/c1-9(2)5-6(10)8(12-4)13-7(5)11-3/h5-8,10H,1-4H3/t5-,6-,7+,8-/m1/s1. The van der Waals surface area contributed by atoms with Crippen LogP contribution in [0.25, 0.3) is 0 Å². The molecular weight excluding hydrogens is 174 g/mol. The summed E-state index contributed by atoms with van der Waals surface area (Å²) < 4.78 is 15.4. The quantitative estimate of drug-likeness (QED) is 0.636.